The van der Waals surface area contributed by atoms with Crippen molar-refractivity contribution in [2.75, 3.05) is 12.4 Å². The number of para-hydroxylation sites is 1. The molecule has 2 rings (SSSR count). The topological polar surface area (TPSA) is 62.1 Å². The van der Waals surface area contributed by atoms with Gasteiger partial charge in [0.05, 0.1) is 23.4 Å². The zero-order chi connectivity index (χ0) is 16.8. The van der Waals surface area contributed by atoms with Crippen molar-refractivity contribution in [3.8, 4) is 11.8 Å². The molecule has 0 aliphatic heterocycles. The molecule has 0 radical (unpaired) electrons. The van der Waals surface area contributed by atoms with Gasteiger partial charge in [-0.15, -0.1) is 0 Å². The molecule has 0 unspecified atom stereocenters. The van der Waals surface area contributed by atoms with E-state index in [1.807, 2.05) is 6.07 Å². The first-order valence-corrected chi connectivity index (χ1v) is 7.32. The molecule has 0 aliphatic carbocycles. The lowest BCUT2D eigenvalue weighted by Crippen LogP contribution is -2.09. The maximum Gasteiger partial charge on any atom is 0.248 e. The number of rotatable bonds is 4. The van der Waals surface area contributed by atoms with E-state index in [1.165, 1.54) is 13.2 Å². The van der Waals surface area contributed by atoms with Crippen molar-refractivity contribution < 1.29 is 9.53 Å². The van der Waals surface area contributed by atoms with Crippen LogP contribution in [0.25, 0.3) is 6.08 Å². The summed E-state index contributed by atoms with van der Waals surface area (Å²) in [5, 5.41) is 12.4. The van der Waals surface area contributed by atoms with Gasteiger partial charge >= 0.3 is 0 Å². The van der Waals surface area contributed by atoms with Gasteiger partial charge in [-0.25, -0.2) is 0 Å². The highest BCUT2D eigenvalue weighted by atomic mass is 35.5. The number of methoxy groups -OCH3 is 1. The van der Waals surface area contributed by atoms with Gasteiger partial charge in [-0.3, -0.25) is 4.79 Å². The van der Waals surface area contributed by atoms with Crippen LogP contribution in [0.1, 0.15) is 11.1 Å². The second-order valence-electron chi connectivity index (χ2n) is 4.49. The molecule has 1 amide bonds. The van der Waals surface area contributed by atoms with E-state index >= 15 is 0 Å². The second-order valence-corrected chi connectivity index (χ2v) is 5.33. The van der Waals surface area contributed by atoms with E-state index in [0.29, 0.717) is 32.6 Å². The lowest BCUT2D eigenvalue weighted by atomic mass is 10.1. The van der Waals surface area contributed by atoms with Crippen LogP contribution in [0, 0.1) is 11.3 Å². The highest BCUT2D eigenvalue weighted by molar-refractivity contribution is 6.36. The molecule has 0 bridgehead atoms. The Bertz CT molecular complexity index is 811. The van der Waals surface area contributed by atoms with Gasteiger partial charge in [-0.2, -0.15) is 5.26 Å². The van der Waals surface area contributed by atoms with Crippen molar-refractivity contribution in [1.29, 1.82) is 5.26 Å². The van der Waals surface area contributed by atoms with Crippen LogP contribution < -0.4 is 10.1 Å². The van der Waals surface area contributed by atoms with Crippen LogP contribution in [0.2, 0.25) is 10.0 Å². The van der Waals surface area contributed by atoms with Gasteiger partial charge in [0.1, 0.15) is 11.8 Å². The minimum atomic E-state index is -0.383. The summed E-state index contributed by atoms with van der Waals surface area (Å²) >= 11 is 12.0. The molecule has 0 saturated heterocycles. The molecule has 0 spiro atoms. The number of halogens is 2. The van der Waals surface area contributed by atoms with Gasteiger partial charge in [-0.05, 0) is 30.3 Å². The molecule has 4 nitrogen and oxygen atoms in total. The minimum absolute atomic E-state index is 0.356. The van der Waals surface area contributed by atoms with Gasteiger partial charge in [0.15, 0.2) is 0 Å². The largest absolute Gasteiger partial charge is 0.495 e. The summed E-state index contributed by atoms with van der Waals surface area (Å²) in [7, 11) is 1.48. The average molecular weight is 347 g/mol. The number of hydrogen-bond donors (Lipinski definition) is 1. The third-order valence-corrected chi connectivity index (χ3v) is 3.46. The minimum Gasteiger partial charge on any atom is -0.495 e. The summed E-state index contributed by atoms with van der Waals surface area (Å²) in [4.78, 5) is 12.0. The number of nitriles is 1. The summed E-state index contributed by atoms with van der Waals surface area (Å²) in [6.07, 6.45) is 2.86. The van der Waals surface area contributed by atoms with Crippen LogP contribution in [-0.2, 0) is 4.79 Å². The molecule has 1 N–H and O–H groups in total. The van der Waals surface area contributed by atoms with Gasteiger partial charge in [0.2, 0.25) is 5.91 Å². The predicted molar refractivity (Wildman–Crippen MR) is 91.8 cm³/mol. The Balaban J connectivity index is 2.21. The first-order chi connectivity index (χ1) is 11.0. The fourth-order valence-corrected chi connectivity index (χ4v) is 2.54. The van der Waals surface area contributed by atoms with E-state index in [9.17, 15) is 4.79 Å². The number of carbonyl (C=O) groups excluding carboxylic acids is 1. The van der Waals surface area contributed by atoms with E-state index in [4.69, 9.17) is 33.2 Å². The number of nitrogens with zero attached hydrogens (tertiary/aromatic N) is 1. The molecule has 6 heteroatoms. The molecule has 2 aromatic carbocycles. The Labute approximate surface area is 143 Å². The summed E-state index contributed by atoms with van der Waals surface area (Å²) in [5.74, 6) is 0.0448. The normalized spacial score (nSPS) is 10.3. The number of anilines is 1. The van der Waals surface area contributed by atoms with E-state index in [-0.39, 0.29) is 5.91 Å². The molecular formula is C17H12Cl2N2O2. The third kappa shape index (κ3) is 4.26. The summed E-state index contributed by atoms with van der Waals surface area (Å²) in [6, 6.07) is 11.9. The Morgan fingerprint density at radius 2 is 2.04 bits per heavy atom. The number of hydrogen-bond acceptors (Lipinski definition) is 3. The number of amides is 1. The number of carbonyl (C=O) groups is 1. The standard InChI is InChI=1S/C17H12Cl2N2O2/c1-23-17-11(8-13(18)9-14(17)19)6-7-16(22)21-15-5-3-2-4-12(15)10-20/h2-9H,1H3,(H,21,22). The average Bonchev–Trinajstić information content (AvgIpc) is 2.53. The second kappa shape index (κ2) is 7.68. The molecular weight excluding hydrogens is 335 g/mol. The Morgan fingerprint density at radius 3 is 2.74 bits per heavy atom. The number of benzene rings is 2. The smallest absolute Gasteiger partial charge is 0.248 e. The summed E-state index contributed by atoms with van der Waals surface area (Å²) in [5.41, 5.74) is 1.41. The molecule has 23 heavy (non-hydrogen) atoms. The first kappa shape index (κ1) is 16.9. The Kier molecular flexibility index (Phi) is 5.64. The Morgan fingerprint density at radius 1 is 1.30 bits per heavy atom. The van der Waals surface area contributed by atoms with Crippen LogP contribution >= 0.6 is 23.2 Å². The maximum absolute atomic E-state index is 12.0. The van der Waals surface area contributed by atoms with E-state index in [0.717, 1.165) is 0 Å². The predicted octanol–water partition coefficient (Wildman–Crippen LogP) is 4.53. The van der Waals surface area contributed by atoms with Crippen LogP contribution in [0.3, 0.4) is 0 Å². The van der Waals surface area contributed by atoms with E-state index in [1.54, 1.807) is 42.5 Å². The van der Waals surface area contributed by atoms with Crippen LogP contribution in [-0.4, -0.2) is 13.0 Å². The van der Waals surface area contributed by atoms with Crippen LogP contribution in [0.15, 0.2) is 42.5 Å². The molecule has 116 valence electrons. The lowest BCUT2D eigenvalue weighted by Gasteiger charge is -2.08. The first-order valence-electron chi connectivity index (χ1n) is 6.56. The fraction of sp³-hybridized carbons (Fsp3) is 0.0588. The van der Waals surface area contributed by atoms with Gasteiger partial charge in [0.25, 0.3) is 0 Å². The van der Waals surface area contributed by atoms with E-state index < -0.39 is 0 Å². The molecule has 0 aromatic heterocycles. The number of nitrogens with one attached hydrogen (secondary N) is 1. The van der Waals surface area contributed by atoms with Crippen molar-refractivity contribution in [2.24, 2.45) is 0 Å². The molecule has 0 heterocycles. The monoisotopic (exact) mass is 346 g/mol. The van der Waals surface area contributed by atoms with Crippen molar-refractivity contribution in [2.45, 2.75) is 0 Å². The molecule has 0 aliphatic rings. The highest BCUT2D eigenvalue weighted by Crippen LogP contribution is 2.32. The SMILES string of the molecule is COc1c(Cl)cc(Cl)cc1C=CC(=O)Nc1ccccc1C#N. The zero-order valence-corrected chi connectivity index (χ0v) is 13.7. The van der Waals surface area contributed by atoms with Crippen LogP contribution in [0.5, 0.6) is 5.75 Å². The molecule has 0 saturated carbocycles. The van der Waals surface area contributed by atoms with Gasteiger partial charge < -0.3 is 10.1 Å². The maximum atomic E-state index is 12.0. The van der Waals surface area contributed by atoms with Gasteiger partial charge in [-0.1, -0.05) is 35.3 Å². The molecule has 0 atom stereocenters. The van der Waals surface area contributed by atoms with Crippen molar-refractivity contribution in [1.82, 2.24) is 0 Å². The van der Waals surface area contributed by atoms with Gasteiger partial charge in [0, 0.05) is 16.7 Å². The quantitative estimate of drug-likeness (QED) is 0.827. The third-order valence-electron chi connectivity index (χ3n) is 2.96. The van der Waals surface area contributed by atoms with E-state index in [2.05, 4.69) is 5.32 Å². The molecule has 2 aromatic rings. The van der Waals surface area contributed by atoms with Crippen LogP contribution in [0.4, 0.5) is 5.69 Å². The molecule has 0 fully saturated rings. The summed E-state index contributed by atoms with van der Waals surface area (Å²) < 4.78 is 5.20. The lowest BCUT2D eigenvalue weighted by molar-refractivity contribution is -0.111. The van der Waals surface area contributed by atoms with Crippen molar-refractivity contribution >= 4 is 40.9 Å². The Hall–Kier alpha value is -2.48. The summed E-state index contributed by atoms with van der Waals surface area (Å²) in [6.45, 7) is 0. The highest BCUT2D eigenvalue weighted by Gasteiger charge is 2.08. The number of ether oxygens (including phenoxy) is 1. The fourth-order valence-electron chi connectivity index (χ4n) is 1.95. The zero-order valence-electron chi connectivity index (χ0n) is 12.1. The van der Waals surface area contributed by atoms with Crippen molar-refractivity contribution in [3.63, 3.8) is 0 Å². The van der Waals surface area contributed by atoms with Crippen molar-refractivity contribution in [3.05, 3.63) is 63.6 Å².